The van der Waals surface area contributed by atoms with Crippen molar-refractivity contribution in [1.82, 2.24) is 4.90 Å². The van der Waals surface area contributed by atoms with E-state index in [9.17, 15) is 14.0 Å². The van der Waals surface area contributed by atoms with E-state index in [2.05, 4.69) is 0 Å². The molecule has 1 aliphatic rings. The number of benzene rings is 1. The summed E-state index contributed by atoms with van der Waals surface area (Å²) < 4.78 is 13.1. The van der Waals surface area contributed by atoms with Crippen molar-refractivity contribution >= 4 is 11.8 Å². The SMILES string of the molecule is CC1C(=O)N(CC(N)c2cccc(F)c2)C(=O)C1C. The highest BCUT2D eigenvalue weighted by molar-refractivity contribution is 6.04. The standard InChI is InChI=1S/C14H17FN2O2/c1-8-9(2)14(19)17(13(8)18)7-12(16)10-4-3-5-11(15)6-10/h3-6,8-9,12H,7,16H2,1-2H3. The second kappa shape index (κ2) is 5.09. The number of nitrogens with two attached hydrogens (primary N) is 1. The van der Waals surface area contributed by atoms with Crippen molar-refractivity contribution in [3.05, 3.63) is 35.6 Å². The Morgan fingerprint density at radius 1 is 1.26 bits per heavy atom. The van der Waals surface area contributed by atoms with E-state index in [1.165, 1.54) is 17.0 Å². The molecule has 2 rings (SSSR count). The number of nitrogens with zero attached hydrogens (tertiary/aromatic N) is 1. The van der Waals surface area contributed by atoms with Gasteiger partial charge >= 0.3 is 0 Å². The van der Waals surface area contributed by atoms with Crippen LogP contribution >= 0.6 is 0 Å². The molecule has 0 bridgehead atoms. The first kappa shape index (κ1) is 13.7. The van der Waals surface area contributed by atoms with Crippen molar-refractivity contribution in [3.63, 3.8) is 0 Å². The van der Waals surface area contributed by atoms with Gasteiger partial charge in [-0.1, -0.05) is 26.0 Å². The number of hydrogen-bond donors (Lipinski definition) is 1. The van der Waals surface area contributed by atoms with Crippen LogP contribution in [-0.2, 0) is 9.59 Å². The first-order valence-electron chi connectivity index (χ1n) is 6.28. The lowest BCUT2D eigenvalue weighted by molar-refractivity contribution is -0.140. The fourth-order valence-corrected chi connectivity index (χ4v) is 2.25. The zero-order valence-electron chi connectivity index (χ0n) is 11.0. The minimum atomic E-state index is -0.568. The summed E-state index contributed by atoms with van der Waals surface area (Å²) in [5, 5.41) is 0. The van der Waals surface area contributed by atoms with Crippen LogP contribution in [0.1, 0.15) is 25.5 Å². The van der Waals surface area contributed by atoms with E-state index < -0.39 is 6.04 Å². The summed E-state index contributed by atoms with van der Waals surface area (Å²) in [5.41, 5.74) is 6.52. The van der Waals surface area contributed by atoms with Crippen LogP contribution in [-0.4, -0.2) is 23.3 Å². The van der Waals surface area contributed by atoms with Gasteiger partial charge in [-0.3, -0.25) is 14.5 Å². The number of halogens is 1. The van der Waals surface area contributed by atoms with Crippen LogP contribution in [0, 0.1) is 17.7 Å². The molecule has 1 aromatic carbocycles. The Balaban J connectivity index is 2.13. The summed E-state index contributed by atoms with van der Waals surface area (Å²) in [7, 11) is 0. The third-order valence-electron chi connectivity index (χ3n) is 3.72. The highest BCUT2D eigenvalue weighted by Crippen LogP contribution is 2.27. The van der Waals surface area contributed by atoms with E-state index in [1.54, 1.807) is 26.0 Å². The molecule has 0 radical (unpaired) electrons. The molecule has 1 fully saturated rings. The first-order chi connectivity index (χ1) is 8.91. The predicted octanol–water partition coefficient (Wildman–Crippen LogP) is 1.47. The zero-order chi connectivity index (χ0) is 14.2. The highest BCUT2D eigenvalue weighted by Gasteiger charge is 2.42. The van der Waals surface area contributed by atoms with Gasteiger partial charge < -0.3 is 5.73 Å². The Kier molecular flexibility index (Phi) is 3.66. The van der Waals surface area contributed by atoms with E-state index in [4.69, 9.17) is 5.73 Å². The summed E-state index contributed by atoms with van der Waals surface area (Å²) in [4.78, 5) is 25.1. The molecule has 1 aromatic rings. The highest BCUT2D eigenvalue weighted by atomic mass is 19.1. The van der Waals surface area contributed by atoms with Crippen LogP contribution in [0.3, 0.4) is 0 Å². The maximum Gasteiger partial charge on any atom is 0.232 e. The number of rotatable bonds is 3. The van der Waals surface area contributed by atoms with E-state index in [-0.39, 0.29) is 36.0 Å². The van der Waals surface area contributed by atoms with Crippen molar-refractivity contribution in [2.24, 2.45) is 17.6 Å². The van der Waals surface area contributed by atoms with Gasteiger partial charge in [0.15, 0.2) is 0 Å². The lowest BCUT2D eigenvalue weighted by atomic mass is 10.00. The van der Waals surface area contributed by atoms with Crippen molar-refractivity contribution in [2.45, 2.75) is 19.9 Å². The second-order valence-corrected chi connectivity index (χ2v) is 5.03. The molecule has 3 unspecified atom stereocenters. The van der Waals surface area contributed by atoms with Gasteiger partial charge in [0.05, 0.1) is 0 Å². The third kappa shape index (κ3) is 2.51. The van der Waals surface area contributed by atoms with E-state index in [0.717, 1.165) is 0 Å². The molecule has 0 spiro atoms. The average Bonchev–Trinajstić information content (AvgIpc) is 2.56. The van der Waals surface area contributed by atoms with Crippen molar-refractivity contribution in [3.8, 4) is 0 Å². The maximum atomic E-state index is 13.1. The predicted molar refractivity (Wildman–Crippen MR) is 68.4 cm³/mol. The smallest absolute Gasteiger partial charge is 0.232 e. The van der Waals surface area contributed by atoms with E-state index in [0.29, 0.717) is 5.56 Å². The number of hydrogen-bond acceptors (Lipinski definition) is 3. The van der Waals surface area contributed by atoms with E-state index in [1.807, 2.05) is 0 Å². The van der Waals surface area contributed by atoms with Crippen LogP contribution in [0.2, 0.25) is 0 Å². The minimum Gasteiger partial charge on any atom is -0.322 e. The summed E-state index contributed by atoms with van der Waals surface area (Å²) in [5.74, 6) is -1.41. The molecule has 0 aliphatic carbocycles. The molecule has 0 aromatic heterocycles. The van der Waals surface area contributed by atoms with Gasteiger partial charge in [0.1, 0.15) is 5.82 Å². The quantitative estimate of drug-likeness (QED) is 0.841. The fourth-order valence-electron chi connectivity index (χ4n) is 2.25. The Hall–Kier alpha value is -1.75. The molecule has 1 saturated heterocycles. The number of likely N-dealkylation sites (tertiary alicyclic amines) is 1. The topological polar surface area (TPSA) is 63.4 Å². The Morgan fingerprint density at radius 3 is 2.37 bits per heavy atom. The van der Waals surface area contributed by atoms with Gasteiger partial charge in [-0.2, -0.15) is 0 Å². The Labute approximate surface area is 111 Å². The average molecular weight is 264 g/mol. The molecule has 1 heterocycles. The van der Waals surface area contributed by atoms with Gasteiger partial charge in [-0.25, -0.2) is 4.39 Å². The molecule has 1 aliphatic heterocycles. The molecule has 2 N–H and O–H groups in total. The Bertz CT molecular complexity index is 498. The summed E-state index contributed by atoms with van der Waals surface area (Å²) in [6, 6.07) is 5.32. The molecule has 2 amide bonds. The third-order valence-corrected chi connectivity index (χ3v) is 3.72. The number of amides is 2. The largest absolute Gasteiger partial charge is 0.322 e. The van der Waals surface area contributed by atoms with Gasteiger partial charge in [0.25, 0.3) is 0 Å². The molecule has 3 atom stereocenters. The van der Waals surface area contributed by atoms with Crippen LogP contribution in [0.5, 0.6) is 0 Å². The molecular weight excluding hydrogens is 247 g/mol. The number of imide groups is 1. The monoisotopic (exact) mass is 264 g/mol. The van der Waals surface area contributed by atoms with Crippen molar-refractivity contribution < 1.29 is 14.0 Å². The van der Waals surface area contributed by atoms with Crippen LogP contribution in [0.15, 0.2) is 24.3 Å². The normalized spacial score (nSPS) is 24.9. The van der Waals surface area contributed by atoms with Crippen molar-refractivity contribution in [1.29, 1.82) is 0 Å². The van der Waals surface area contributed by atoms with Crippen LogP contribution in [0.25, 0.3) is 0 Å². The molecule has 0 saturated carbocycles. The molecule has 102 valence electrons. The summed E-state index contributed by atoms with van der Waals surface area (Å²) in [6.07, 6.45) is 0. The minimum absolute atomic E-state index is 0.0931. The number of carbonyl (C=O) groups excluding carboxylic acids is 2. The van der Waals surface area contributed by atoms with Crippen LogP contribution < -0.4 is 5.73 Å². The maximum absolute atomic E-state index is 13.1. The first-order valence-corrected chi connectivity index (χ1v) is 6.28. The molecule has 4 nitrogen and oxygen atoms in total. The lowest BCUT2D eigenvalue weighted by Crippen LogP contribution is -2.37. The molecule has 5 heteroatoms. The fraction of sp³-hybridized carbons (Fsp3) is 0.429. The van der Waals surface area contributed by atoms with Gasteiger partial charge in [0.2, 0.25) is 11.8 Å². The summed E-state index contributed by atoms with van der Waals surface area (Å²) in [6.45, 7) is 3.56. The zero-order valence-corrected chi connectivity index (χ0v) is 11.0. The molecular formula is C14H17FN2O2. The van der Waals surface area contributed by atoms with E-state index >= 15 is 0 Å². The number of carbonyl (C=O) groups is 2. The lowest BCUT2D eigenvalue weighted by Gasteiger charge is -2.20. The van der Waals surface area contributed by atoms with Crippen molar-refractivity contribution in [2.75, 3.05) is 6.54 Å². The summed E-state index contributed by atoms with van der Waals surface area (Å²) >= 11 is 0. The second-order valence-electron chi connectivity index (χ2n) is 5.03. The van der Waals surface area contributed by atoms with Gasteiger partial charge in [-0.15, -0.1) is 0 Å². The molecule has 19 heavy (non-hydrogen) atoms. The van der Waals surface area contributed by atoms with Gasteiger partial charge in [0, 0.05) is 24.4 Å². The van der Waals surface area contributed by atoms with Gasteiger partial charge in [-0.05, 0) is 17.7 Å². The van der Waals surface area contributed by atoms with Crippen LogP contribution in [0.4, 0.5) is 4.39 Å². The Morgan fingerprint density at radius 2 is 1.84 bits per heavy atom.